The molecule has 150 valence electrons. The van der Waals surface area contributed by atoms with Gasteiger partial charge in [0.2, 0.25) is 5.95 Å². The molecule has 2 aliphatic rings. The van der Waals surface area contributed by atoms with Crippen molar-refractivity contribution in [2.75, 3.05) is 30.3 Å². The van der Waals surface area contributed by atoms with E-state index in [1.807, 2.05) is 6.92 Å². The predicted molar refractivity (Wildman–Crippen MR) is 112 cm³/mol. The van der Waals surface area contributed by atoms with Gasteiger partial charge in [0, 0.05) is 30.6 Å². The Hall–Kier alpha value is -1.80. The van der Waals surface area contributed by atoms with Gasteiger partial charge >= 0.3 is 0 Å². The Labute approximate surface area is 173 Å². The first kappa shape index (κ1) is 19.5. The lowest BCUT2D eigenvalue weighted by atomic mass is 9.73. The van der Waals surface area contributed by atoms with Crippen LogP contribution in [0.3, 0.4) is 0 Å². The second kappa shape index (κ2) is 7.22. The van der Waals surface area contributed by atoms with Crippen molar-refractivity contribution in [2.24, 2.45) is 11.1 Å². The summed E-state index contributed by atoms with van der Waals surface area (Å²) in [6.45, 7) is 4.21. The number of nitrogen functional groups attached to an aromatic ring is 1. The number of ether oxygens (including phenoxy) is 1. The minimum Gasteiger partial charge on any atom is -0.376 e. The Kier molecular flexibility index (Phi) is 5.03. The number of piperidine rings is 1. The summed E-state index contributed by atoms with van der Waals surface area (Å²) in [5.41, 5.74) is 12.6. The molecule has 2 aromatic rings. The Morgan fingerprint density at radius 1 is 1.29 bits per heavy atom. The van der Waals surface area contributed by atoms with E-state index in [2.05, 4.69) is 9.88 Å². The summed E-state index contributed by atoms with van der Waals surface area (Å²) in [7, 11) is 0. The van der Waals surface area contributed by atoms with Crippen LogP contribution >= 0.6 is 23.2 Å². The van der Waals surface area contributed by atoms with E-state index >= 15 is 0 Å². The number of benzene rings is 1. The van der Waals surface area contributed by atoms with E-state index in [1.54, 1.807) is 18.2 Å². The Morgan fingerprint density at radius 2 is 2.00 bits per heavy atom. The van der Waals surface area contributed by atoms with Crippen LogP contribution in [0.4, 0.5) is 11.8 Å². The Balaban J connectivity index is 1.60. The normalized spacial score (nSPS) is 24.1. The van der Waals surface area contributed by atoms with Crippen molar-refractivity contribution in [2.45, 2.75) is 31.9 Å². The van der Waals surface area contributed by atoms with Crippen molar-refractivity contribution < 1.29 is 4.74 Å². The predicted octanol–water partition coefficient (Wildman–Crippen LogP) is 2.45. The monoisotopic (exact) mass is 423 g/mol. The third-order valence-electron chi connectivity index (χ3n) is 6.03. The minimum atomic E-state index is -0.304. The van der Waals surface area contributed by atoms with Crippen LogP contribution < -0.4 is 21.9 Å². The second-order valence-electron chi connectivity index (χ2n) is 7.61. The van der Waals surface area contributed by atoms with Crippen molar-refractivity contribution in [1.82, 2.24) is 9.55 Å². The van der Waals surface area contributed by atoms with E-state index in [0.717, 1.165) is 25.9 Å². The van der Waals surface area contributed by atoms with E-state index in [4.69, 9.17) is 39.4 Å². The smallest absolute Gasteiger partial charge is 0.261 e. The zero-order valence-corrected chi connectivity index (χ0v) is 17.1. The molecule has 1 aromatic carbocycles. The van der Waals surface area contributed by atoms with Gasteiger partial charge in [0.1, 0.15) is 5.82 Å². The van der Waals surface area contributed by atoms with Gasteiger partial charge in [-0.3, -0.25) is 4.79 Å². The highest BCUT2D eigenvalue weighted by molar-refractivity contribution is 6.43. The fourth-order valence-electron chi connectivity index (χ4n) is 4.21. The first-order valence-corrected chi connectivity index (χ1v) is 10.0. The summed E-state index contributed by atoms with van der Waals surface area (Å²) in [5.74, 6) is 0.633. The lowest BCUT2D eigenvalue weighted by molar-refractivity contribution is 0.0974. The lowest BCUT2D eigenvalue weighted by Crippen LogP contribution is -2.51. The van der Waals surface area contributed by atoms with Crippen molar-refractivity contribution in [3.63, 3.8) is 0 Å². The summed E-state index contributed by atoms with van der Waals surface area (Å²) in [6.07, 6.45) is 1.86. The van der Waals surface area contributed by atoms with Crippen LogP contribution in [0.25, 0.3) is 5.69 Å². The third kappa shape index (κ3) is 3.16. The number of rotatable bonds is 2. The largest absolute Gasteiger partial charge is 0.376 e. The molecule has 28 heavy (non-hydrogen) atoms. The fourth-order valence-corrected chi connectivity index (χ4v) is 4.59. The van der Waals surface area contributed by atoms with E-state index in [0.29, 0.717) is 23.1 Å². The summed E-state index contributed by atoms with van der Waals surface area (Å²) >= 11 is 12.3. The van der Waals surface area contributed by atoms with Gasteiger partial charge in [-0.2, -0.15) is 4.98 Å². The number of nitrogens with zero attached hydrogens (tertiary/aromatic N) is 3. The number of anilines is 2. The zero-order chi connectivity index (χ0) is 20.1. The van der Waals surface area contributed by atoms with Gasteiger partial charge in [0.05, 0.1) is 28.4 Å². The van der Waals surface area contributed by atoms with Gasteiger partial charge in [0.15, 0.2) is 0 Å². The van der Waals surface area contributed by atoms with Gasteiger partial charge in [-0.05, 0) is 31.9 Å². The van der Waals surface area contributed by atoms with Gasteiger partial charge in [-0.15, -0.1) is 0 Å². The average molecular weight is 424 g/mol. The lowest BCUT2D eigenvalue weighted by Gasteiger charge is -2.41. The SMILES string of the molecule is C[C@@H]1OCC2(CCN(c3cc(=O)n(-c4cccc(Cl)c4Cl)c(N)n3)CC2)[C@@H]1N. The van der Waals surface area contributed by atoms with Crippen LogP contribution in [0.2, 0.25) is 10.0 Å². The van der Waals surface area contributed by atoms with Crippen LogP contribution in [-0.2, 0) is 4.74 Å². The van der Waals surface area contributed by atoms with E-state index in [1.165, 1.54) is 10.6 Å². The van der Waals surface area contributed by atoms with Crippen molar-refractivity contribution in [3.05, 3.63) is 44.7 Å². The molecule has 2 aliphatic heterocycles. The maximum absolute atomic E-state index is 12.8. The molecule has 0 radical (unpaired) electrons. The van der Waals surface area contributed by atoms with Crippen molar-refractivity contribution in [3.8, 4) is 5.69 Å². The fraction of sp³-hybridized carbons (Fsp3) is 0.474. The first-order valence-electron chi connectivity index (χ1n) is 9.28. The topological polar surface area (TPSA) is 99.4 Å². The highest BCUT2D eigenvalue weighted by Crippen LogP contribution is 2.41. The molecule has 0 saturated carbocycles. The molecule has 1 spiro atoms. The highest BCUT2D eigenvalue weighted by Gasteiger charge is 2.47. The van der Waals surface area contributed by atoms with Crippen LogP contribution in [0.5, 0.6) is 0 Å². The molecule has 3 heterocycles. The summed E-state index contributed by atoms with van der Waals surface area (Å²) in [5, 5.41) is 0.608. The number of nitrogens with two attached hydrogens (primary N) is 2. The Morgan fingerprint density at radius 3 is 2.61 bits per heavy atom. The number of hydrogen-bond donors (Lipinski definition) is 2. The summed E-state index contributed by atoms with van der Waals surface area (Å²) in [6, 6.07) is 6.56. The van der Waals surface area contributed by atoms with Crippen LogP contribution in [-0.4, -0.2) is 41.4 Å². The highest BCUT2D eigenvalue weighted by atomic mass is 35.5. The third-order valence-corrected chi connectivity index (χ3v) is 6.84. The quantitative estimate of drug-likeness (QED) is 0.769. The first-order chi connectivity index (χ1) is 13.3. The molecule has 2 saturated heterocycles. The minimum absolute atomic E-state index is 0.00472. The molecule has 1 aromatic heterocycles. The van der Waals surface area contributed by atoms with Crippen LogP contribution in [0.1, 0.15) is 19.8 Å². The summed E-state index contributed by atoms with van der Waals surface area (Å²) in [4.78, 5) is 19.3. The molecule has 0 bridgehead atoms. The van der Waals surface area contributed by atoms with Crippen molar-refractivity contribution >= 4 is 35.0 Å². The molecular weight excluding hydrogens is 401 g/mol. The van der Waals surface area contributed by atoms with Crippen molar-refractivity contribution in [1.29, 1.82) is 0 Å². The van der Waals surface area contributed by atoms with Crippen LogP contribution in [0, 0.1) is 5.41 Å². The van der Waals surface area contributed by atoms with E-state index < -0.39 is 0 Å². The van der Waals surface area contributed by atoms with Crippen LogP contribution in [0.15, 0.2) is 29.1 Å². The number of halogens is 2. The van der Waals surface area contributed by atoms with Gasteiger partial charge < -0.3 is 21.1 Å². The maximum Gasteiger partial charge on any atom is 0.261 e. The van der Waals surface area contributed by atoms with E-state index in [-0.39, 0.29) is 34.1 Å². The molecular formula is C19H23Cl2N5O2. The molecule has 0 amide bonds. The average Bonchev–Trinajstić information content (AvgIpc) is 2.94. The Bertz CT molecular complexity index is 956. The van der Waals surface area contributed by atoms with Gasteiger partial charge in [0.25, 0.3) is 5.56 Å². The van der Waals surface area contributed by atoms with Gasteiger partial charge in [-0.25, -0.2) is 4.57 Å². The van der Waals surface area contributed by atoms with Gasteiger partial charge in [-0.1, -0.05) is 29.3 Å². The standard InChI is InChI=1S/C19H23Cl2N5O2/c1-11-17(22)19(10-28-11)5-7-25(8-6-19)14-9-15(27)26(18(23)24-14)13-4-2-3-12(20)16(13)21/h2-4,9,11,17H,5-8,10,22H2,1H3,(H2,23,24)/t11-,17+/m0/s1. The number of aromatic nitrogens is 2. The number of hydrogen-bond acceptors (Lipinski definition) is 6. The molecule has 0 aliphatic carbocycles. The zero-order valence-electron chi connectivity index (χ0n) is 15.6. The molecule has 0 unspecified atom stereocenters. The molecule has 4 N–H and O–H groups in total. The molecule has 4 rings (SSSR count). The second-order valence-corrected chi connectivity index (χ2v) is 8.40. The molecule has 2 fully saturated rings. The molecule has 7 nitrogen and oxygen atoms in total. The maximum atomic E-state index is 12.8. The molecule has 9 heteroatoms. The van der Waals surface area contributed by atoms with E-state index in [9.17, 15) is 4.79 Å². The molecule has 2 atom stereocenters. The summed E-state index contributed by atoms with van der Waals surface area (Å²) < 4.78 is 7.04.